The van der Waals surface area contributed by atoms with Gasteiger partial charge < -0.3 is 20.6 Å². The number of phenols is 3. The molecule has 7 heteroatoms. The Bertz CT molecular complexity index is 515. The molecule has 19 heavy (non-hydrogen) atoms. The van der Waals surface area contributed by atoms with Gasteiger partial charge in [-0.05, 0) is 0 Å². The van der Waals surface area contributed by atoms with Crippen molar-refractivity contribution in [1.29, 1.82) is 0 Å². The van der Waals surface area contributed by atoms with Gasteiger partial charge in [-0.1, -0.05) is 13.8 Å². The summed E-state index contributed by atoms with van der Waals surface area (Å²) in [5.41, 5.74) is -1.65. The Hall–Kier alpha value is -2.57. The van der Waals surface area contributed by atoms with Crippen molar-refractivity contribution >= 4 is 24.2 Å². The number of phenolic OH excluding ortho intramolecular Hbond substituents is 3. The standard InChI is InChI=1S/C12H13NO6/c1-5(2)12(19)13-8-10(17)6(3-14)9(16)7(4-15)11(8)18/h3-5,16-18H,1-2H3,(H,13,19). The lowest BCUT2D eigenvalue weighted by Crippen LogP contribution is -2.18. The molecule has 0 aliphatic heterocycles. The Morgan fingerprint density at radius 1 is 1.00 bits per heavy atom. The van der Waals surface area contributed by atoms with Crippen LogP contribution in [0.25, 0.3) is 0 Å². The van der Waals surface area contributed by atoms with Gasteiger partial charge in [0.05, 0.1) is 0 Å². The summed E-state index contributed by atoms with van der Waals surface area (Å²) in [6, 6.07) is 0. The van der Waals surface area contributed by atoms with Gasteiger partial charge in [0, 0.05) is 5.92 Å². The highest BCUT2D eigenvalue weighted by Gasteiger charge is 2.24. The van der Waals surface area contributed by atoms with Crippen molar-refractivity contribution in [2.24, 2.45) is 5.92 Å². The van der Waals surface area contributed by atoms with Gasteiger partial charge in [-0.2, -0.15) is 0 Å². The van der Waals surface area contributed by atoms with Crippen molar-refractivity contribution in [2.45, 2.75) is 13.8 Å². The van der Waals surface area contributed by atoms with E-state index in [0.717, 1.165) is 0 Å². The van der Waals surface area contributed by atoms with E-state index in [1.807, 2.05) is 0 Å². The molecule has 0 bridgehead atoms. The maximum absolute atomic E-state index is 11.5. The molecule has 0 aromatic heterocycles. The van der Waals surface area contributed by atoms with Crippen LogP contribution >= 0.6 is 0 Å². The van der Waals surface area contributed by atoms with Crippen LogP contribution in [0.4, 0.5) is 5.69 Å². The van der Waals surface area contributed by atoms with Crippen LogP contribution in [0, 0.1) is 5.92 Å². The van der Waals surface area contributed by atoms with Gasteiger partial charge in [-0.3, -0.25) is 14.4 Å². The normalized spacial score (nSPS) is 10.3. The number of aldehydes is 2. The second kappa shape index (κ2) is 5.38. The first-order valence-corrected chi connectivity index (χ1v) is 5.37. The van der Waals surface area contributed by atoms with Gasteiger partial charge in [0.2, 0.25) is 5.91 Å². The fourth-order valence-electron chi connectivity index (χ4n) is 1.36. The van der Waals surface area contributed by atoms with E-state index in [9.17, 15) is 29.7 Å². The number of anilines is 1. The Morgan fingerprint density at radius 2 is 1.42 bits per heavy atom. The third-order valence-electron chi connectivity index (χ3n) is 2.50. The number of carbonyl (C=O) groups is 3. The van der Waals surface area contributed by atoms with E-state index in [0.29, 0.717) is 0 Å². The highest BCUT2D eigenvalue weighted by atomic mass is 16.3. The zero-order valence-corrected chi connectivity index (χ0v) is 10.3. The van der Waals surface area contributed by atoms with E-state index >= 15 is 0 Å². The zero-order chi connectivity index (χ0) is 14.7. The second-order valence-corrected chi connectivity index (χ2v) is 4.13. The predicted molar refractivity (Wildman–Crippen MR) is 65.7 cm³/mol. The van der Waals surface area contributed by atoms with E-state index in [1.165, 1.54) is 0 Å². The minimum absolute atomic E-state index is 0.113. The van der Waals surface area contributed by atoms with Gasteiger partial charge in [-0.15, -0.1) is 0 Å². The number of amides is 1. The van der Waals surface area contributed by atoms with Crippen molar-refractivity contribution < 1.29 is 29.7 Å². The number of carbonyl (C=O) groups excluding carboxylic acids is 3. The van der Waals surface area contributed by atoms with Gasteiger partial charge in [0.15, 0.2) is 24.1 Å². The lowest BCUT2D eigenvalue weighted by molar-refractivity contribution is -0.118. The molecule has 0 fully saturated rings. The Labute approximate surface area is 108 Å². The van der Waals surface area contributed by atoms with Gasteiger partial charge in [0.1, 0.15) is 22.6 Å². The van der Waals surface area contributed by atoms with Crippen LogP contribution in [0.1, 0.15) is 34.6 Å². The Balaban J connectivity index is 3.51. The number of hydrogen-bond acceptors (Lipinski definition) is 6. The van der Waals surface area contributed by atoms with E-state index in [1.54, 1.807) is 13.8 Å². The highest BCUT2D eigenvalue weighted by Crippen LogP contribution is 2.44. The van der Waals surface area contributed by atoms with Gasteiger partial charge >= 0.3 is 0 Å². The molecule has 0 heterocycles. The summed E-state index contributed by atoms with van der Waals surface area (Å²) in [7, 11) is 0. The van der Waals surface area contributed by atoms with E-state index in [-0.39, 0.29) is 12.6 Å². The smallest absolute Gasteiger partial charge is 0.227 e. The lowest BCUT2D eigenvalue weighted by Gasteiger charge is -2.15. The van der Waals surface area contributed by atoms with Crippen molar-refractivity contribution in [1.82, 2.24) is 0 Å². The number of hydrogen-bond donors (Lipinski definition) is 4. The maximum Gasteiger partial charge on any atom is 0.227 e. The van der Waals surface area contributed by atoms with Crippen molar-refractivity contribution in [3.05, 3.63) is 11.1 Å². The first-order chi connectivity index (χ1) is 8.84. The number of benzene rings is 1. The van der Waals surface area contributed by atoms with E-state index in [2.05, 4.69) is 5.32 Å². The molecule has 0 unspecified atom stereocenters. The molecular weight excluding hydrogens is 254 g/mol. The van der Waals surface area contributed by atoms with Crippen LogP contribution in [-0.2, 0) is 4.79 Å². The monoisotopic (exact) mass is 267 g/mol. The van der Waals surface area contributed by atoms with E-state index < -0.39 is 45.9 Å². The second-order valence-electron chi connectivity index (χ2n) is 4.13. The average molecular weight is 267 g/mol. The quantitative estimate of drug-likeness (QED) is 0.367. The maximum atomic E-state index is 11.5. The average Bonchev–Trinajstić information content (AvgIpc) is 2.35. The summed E-state index contributed by atoms with van der Waals surface area (Å²) in [6.07, 6.45) is 0.226. The van der Waals surface area contributed by atoms with E-state index in [4.69, 9.17) is 0 Å². The predicted octanol–water partition coefficient (Wildman–Crippen LogP) is 1.02. The third kappa shape index (κ3) is 2.49. The fraction of sp³-hybridized carbons (Fsp3) is 0.250. The summed E-state index contributed by atoms with van der Waals surface area (Å²) >= 11 is 0. The van der Waals surface area contributed by atoms with Crippen molar-refractivity contribution in [3.8, 4) is 17.2 Å². The summed E-state index contributed by atoms with van der Waals surface area (Å²) in [4.78, 5) is 33.1. The molecule has 1 amide bonds. The topological polar surface area (TPSA) is 124 Å². The highest BCUT2D eigenvalue weighted by molar-refractivity contribution is 6.03. The molecule has 1 aromatic rings. The zero-order valence-electron chi connectivity index (χ0n) is 10.3. The molecule has 1 rings (SSSR count). The van der Waals surface area contributed by atoms with Crippen LogP contribution in [0.5, 0.6) is 17.2 Å². The molecule has 4 N–H and O–H groups in total. The van der Waals surface area contributed by atoms with Crippen molar-refractivity contribution in [2.75, 3.05) is 5.32 Å². The number of aromatic hydroxyl groups is 3. The lowest BCUT2D eigenvalue weighted by atomic mass is 10.0. The molecule has 0 spiro atoms. The van der Waals surface area contributed by atoms with Crippen LogP contribution < -0.4 is 5.32 Å². The first kappa shape index (κ1) is 14.5. The minimum Gasteiger partial charge on any atom is -0.506 e. The fourth-order valence-corrected chi connectivity index (χ4v) is 1.36. The SMILES string of the molecule is CC(C)C(=O)Nc1c(O)c(C=O)c(O)c(C=O)c1O. The largest absolute Gasteiger partial charge is 0.506 e. The Morgan fingerprint density at radius 3 is 1.74 bits per heavy atom. The van der Waals surface area contributed by atoms with Gasteiger partial charge in [0.25, 0.3) is 0 Å². The van der Waals surface area contributed by atoms with Gasteiger partial charge in [-0.25, -0.2) is 0 Å². The van der Waals surface area contributed by atoms with Crippen LogP contribution in [0.2, 0.25) is 0 Å². The minimum atomic E-state index is -0.845. The summed E-state index contributed by atoms with van der Waals surface area (Å²) < 4.78 is 0. The summed E-state index contributed by atoms with van der Waals surface area (Å²) in [5, 5.41) is 31.1. The molecule has 0 saturated carbocycles. The third-order valence-corrected chi connectivity index (χ3v) is 2.50. The summed E-state index contributed by atoms with van der Waals surface area (Å²) in [6.45, 7) is 3.15. The molecule has 0 atom stereocenters. The van der Waals surface area contributed by atoms with Crippen LogP contribution in [-0.4, -0.2) is 33.8 Å². The molecule has 0 aliphatic rings. The van der Waals surface area contributed by atoms with Crippen LogP contribution in [0.3, 0.4) is 0 Å². The first-order valence-electron chi connectivity index (χ1n) is 5.37. The molecule has 7 nitrogen and oxygen atoms in total. The number of nitrogens with one attached hydrogen (secondary N) is 1. The molecule has 102 valence electrons. The number of rotatable bonds is 4. The van der Waals surface area contributed by atoms with Crippen molar-refractivity contribution in [3.63, 3.8) is 0 Å². The Kier molecular flexibility index (Phi) is 4.11. The molecule has 0 aliphatic carbocycles. The molecule has 1 aromatic carbocycles. The molecule has 0 saturated heterocycles. The molecule has 0 radical (unpaired) electrons. The summed E-state index contributed by atoms with van der Waals surface area (Å²) in [5.74, 6) is -3.44. The van der Waals surface area contributed by atoms with Crippen LogP contribution in [0.15, 0.2) is 0 Å². The molecular formula is C12H13NO6.